The summed E-state index contributed by atoms with van der Waals surface area (Å²) in [5, 5.41) is 0. The highest BCUT2D eigenvalue weighted by atomic mass is 35.6. The second kappa shape index (κ2) is 9.53. The van der Waals surface area contributed by atoms with Crippen LogP contribution >= 0.6 is 41.3 Å². The van der Waals surface area contributed by atoms with Crippen molar-refractivity contribution < 1.29 is 14.2 Å². The van der Waals surface area contributed by atoms with Crippen molar-refractivity contribution in [2.45, 2.75) is 3.79 Å². The first-order valence-electron chi connectivity index (χ1n) is 8.68. The maximum absolute atomic E-state index is 6.32. The third kappa shape index (κ3) is 5.23. The van der Waals surface area contributed by atoms with Crippen LogP contribution in [0.1, 0.15) is 0 Å². The number of ether oxygens (including phenoxy) is 3. The van der Waals surface area contributed by atoms with Gasteiger partial charge in [-0.05, 0) is 11.8 Å². The lowest BCUT2D eigenvalue weighted by Crippen LogP contribution is -2.48. The largest absolute Gasteiger partial charge is 0.379 e. The molecule has 0 N–H and O–H groups in total. The number of rotatable bonds is 3. The maximum atomic E-state index is 6.32. The third-order valence-corrected chi connectivity index (χ3v) is 9.36. The van der Waals surface area contributed by atoms with Crippen LogP contribution in [0.25, 0.3) is 0 Å². The van der Waals surface area contributed by atoms with Gasteiger partial charge < -0.3 is 19.1 Å². The Morgan fingerprint density at radius 3 is 1.54 bits per heavy atom. The number of hydrogen-bond donors (Lipinski definition) is 0. The van der Waals surface area contributed by atoms with Crippen molar-refractivity contribution in [2.24, 2.45) is 4.76 Å². The molecule has 7 nitrogen and oxygen atoms in total. The van der Waals surface area contributed by atoms with Crippen molar-refractivity contribution in [3.63, 3.8) is 0 Å². The van der Waals surface area contributed by atoms with Crippen LogP contribution in [0.4, 0.5) is 0 Å². The number of nitrogens with zero attached hydrogens (tertiary/aromatic N) is 4. The van der Waals surface area contributed by atoms with Gasteiger partial charge in [-0.1, -0.05) is 34.8 Å². The molecule has 0 aromatic carbocycles. The van der Waals surface area contributed by atoms with Crippen molar-refractivity contribution >= 4 is 58.9 Å². The monoisotopic (exact) mass is 464 g/mol. The minimum Gasteiger partial charge on any atom is -0.379 e. The van der Waals surface area contributed by atoms with E-state index in [2.05, 4.69) is 9.34 Å². The standard InChI is InChI=1S/C14H24Cl3N4O3PS/c15-14(16,17)13(19-1-7-22-8-2-19)18-25(26,20-3-9-23-10-4-20)21-5-11-24-12-6-21/h1-12H2/b18-13-. The summed E-state index contributed by atoms with van der Waals surface area (Å²) in [5.74, 6) is 0.423. The smallest absolute Gasteiger partial charge is 0.247 e. The first kappa shape index (κ1) is 21.5. The van der Waals surface area contributed by atoms with Gasteiger partial charge in [0.2, 0.25) is 3.79 Å². The van der Waals surface area contributed by atoms with Crippen molar-refractivity contribution in [1.82, 2.24) is 14.2 Å². The van der Waals surface area contributed by atoms with Gasteiger partial charge in [0.1, 0.15) is 0 Å². The molecule has 0 amide bonds. The lowest BCUT2D eigenvalue weighted by Gasteiger charge is -2.44. The van der Waals surface area contributed by atoms with E-state index in [0.717, 1.165) is 26.2 Å². The van der Waals surface area contributed by atoms with E-state index in [4.69, 9.17) is 65.6 Å². The van der Waals surface area contributed by atoms with Crippen molar-refractivity contribution in [2.75, 3.05) is 78.9 Å². The number of halogens is 3. The minimum atomic E-state index is -2.50. The number of alkyl halides is 3. The third-order valence-electron chi connectivity index (χ3n) is 4.50. The number of amidine groups is 1. The van der Waals surface area contributed by atoms with E-state index < -0.39 is 10.3 Å². The summed E-state index contributed by atoms with van der Waals surface area (Å²) in [6, 6.07) is 0. The molecular formula is C14H24Cl3N4O3PS. The summed E-state index contributed by atoms with van der Waals surface area (Å²) in [6.07, 6.45) is 0. The van der Waals surface area contributed by atoms with E-state index in [1.807, 2.05) is 4.90 Å². The minimum absolute atomic E-state index is 0.423. The molecule has 0 atom stereocenters. The Morgan fingerprint density at radius 2 is 1.15 bits per heavy atom. The molecule has 0 saturated carbocycles. The molecule has 3 rings (SSSR count). The Kier molecular flexibility index (Phi) is 7.88. The van der Waals surface area contributed by atoms with Gasteiger partial charge in [-0.2, -0.15) is 0 Å². The van der Waals surface area contributed by atoms with Gasteiger partial charge >= 0.3 is 0 Å². The molecule has 3 fully saturated rings. The SMILES string of the molecule is S=P(/N=C(\N1CCOCC1)C(Cl)(Cl)Cl)(N1CCOCC1)N1CCOCC1. The fourth-order valence-corrected chi connectivity index (χ4v) is 7.51. The highest BCUT2D eigenvalue weighted by Gasteiger charge is 2.40. The van der Waals surface area contributed by atoms with Gasteiger partial charge in [-0.3, -0.25) is 0 Å². The van der Waals surface area contributed by atoms with E-state index in [-0.39, 0.29) is 0 Å². The van der Waals surface area contributed by atoms with E-state index >= 15 is 0 Å². The average Bonchev–Trinajstić information content (AvgIpc) is 2.67. The Morgan fingerprint density at radius 1 is 0.769 bits per heavy atom. The Hall–Kier alpha value is 0.790. The number of hydrogen-bond acceptors (Lipinski definition) is 4. The fraction of sp³-hybridized carbons (Fsp3) is 0.929. The molecule has 150 valence electrons. The Labute approximate surface area is 174 Å². The summed E-state index contributed by atoms with van der Waals surface area (Å²) in [5.41, 5.74) is 0. The van der Waals surface area contributed by atoms with Crippen LogP contribution in [-0.2, 0) is 26.0 Å². The zero-order valence-electron chi connectivity index (χ0n) is 14.5. The molecular weight excluding hydrogens is 442 g/mol. The lowest BCUT2D eigenvalue weighted by molar-refractivity contribution is 0.0576. The molecule has 0 spiro atoms. The predicted molar refractivity (Wildman–Crippen MR) is 109 cm³/mol. The van der Waals surface area contributed by atoms with Crippen molar-refractivity contribution in [3.8, 4) is 0 Å². The molecule has 3 heterocycles. The van der Waals surface area contributed by atoms with Gasteiger partial charge in [0, 0.05) is 39.3 Å². The maximum Gasteiger partial charge on any atom is 0.247 e. The average molecular weight is 466 g/mol. The van der Waals surface area contributed by atoms with Crippen LogP contribution < -0.4 is 0 Å². The molecule has 26 heavy (non-hydrogen) atoms. The van der Waals surface area contributed by atoms with Crippen molar-refractivity contribution in [3.05, 3.63) is 0 Å². The highest BCUT2D eigenvalue weighted by Crippen LogP contribution is 2.56. The second-order valence-corrected chi connectivity index (χ2v) is 12.3. The fourth-order valence-electron chi connectivity index (χ4n) is 3.13. The summed E-state index contributed by atoms with van der Waals surface area (Å²) in [6.45, 7) is 5.40. The van der Waals surface area contributed by atoms with Gasteiger partial charge in [-0.25, -0.2) is 14.1 Å². The molecule has 12 heteroatoms. The van der Waals surface area contributed by atoms with Gasteiger partial charge in [0.05, 0.1) is 39.6 Å². The van der Waals surface area contributed by atoms with E-state index in [1.54, 1.807) is 0 Å². The Bertz CT molecular complexity index is 526. The summed E-state index contributed by atoms with van der Waals surface area (Å²) in [7, 11) is 0. The number of morpholine rings is 3. The van der Waals surface area contributed by atoms with Crippen LogP contribution in [0.15, 0.2) is 4.76 Å². The topological polar surface area (TPSA) is 49.8 Å². The summed E-state index contributed by atoms with van der Waals surface area (Å²) in [4.78, 5) is 1.98. The van der Waals surface area contributed by atoms with Crippen LogP contribution in [0.5, 0.6) is 0 Å². The zero-order valence-corrected chi connectivity index (χ0v) is 18.5. The molecule has 3 aliphatic heterocycles. The molecule has 3 aliphatic rings. The molecule has 0 unspecified atom stereocenters. The van der Waals surface area contributed by atoms with Crippen LogP contribution in [0.2, 0.25) is 0 Å². The van der Waals surface area contributed by atoms with Crippen molar-refractivity contribution in [1.29, 1.82) is 0 Å². The van der Waals surface area contributed by atoms with Gasteiger partial charge in [-0.15, -0.1) is 0 Å². The first-order chi connectivity index (χ1) is 12.4. The second-order valence-electron chi connectivity index (χ2n) is 6.17. The predicted octanol–water partition coefficient (Wildman–Crippen LogP) is 1.98. The molecule has 0 aliphatic carbocycles. The molecule has 0 bridgehead atoms. The molecule has 3 saturated heterocycles. The lowest BCUT2D eigenvalue weighted by atomic mass is 10.4. The van der Waals surface area contributed by atoms with Gasteiger partial charge in [0.15, 0.2) is 12.3 Å². The van der Waals surface area contributed by atoms with Crippen LogP contribution in [0, 0.1) is 0 Å². The summed E-state index contributed by atoms with van der Waals surface area (Å²) < 4.78 is 24.3. The highest BCUT2D eigenvalue weighted by molar-refractivity contribution is 8.11. The zero-order chi connectivity index (χ0) is 18.6. The van der Waals surface area contributed by atoms with Gasteiger partial charge in [0.25, 0.3) is 0 Å². The van der Waals surface area contributed by atoms with Crippen LogP contribution in [-0.4, -0.2) is 103 Å². The van der Waals surface area contributed by atoms with E-state index in [1.165, 1.54) is 0 Å². The summed E-state index contributed by atoms with van der Waals surface area (Å²) >= 11 is 25.1. The quantitative estimate of drug-likeness (QED) is 0.273. The molecule has 0 aromatic rings. The van der Waals surface area contributed by atoms with Crippen LogP contribution in [0.3, 0.4) is 0 Å². The molecule has 0 radical (unpaired) electrons. The first-order valence-corrected chi connectivity index (χ1v) is 12.5. The van der Waals surface area contributed by atoms with E-state index in [0.29, 0.717) is 58.6 Å². The normalized spacial score (nSPS) is 25.5. The molecule has 0 aromatic heterocycles. The Balaban J connectivity index is 1.96. The van der Waals surface area contributed by atoms with E-state index in [9.17, 15) is 0 Å².